The Hall–Kier alpha value is -4.33. The summed E-state index contributed by atoms with van der Waals surface area (Å²) >= 11 is 0. The summed E-state index contributed by atoms with van der Waals surface area (Å²) < 4.78 is 25.3. The first-order valence-electron chi connectivity index (χ1n) is 11.8. The third-order valence-electron chi connectivity index (χ3n) is 6.36. The molecule has 0 spiro atoms. The fourth-order valence-electron chi connectivity index (χ4n) is 4.41. The molecule has 5 rings (SSSR count). The molecule has 0 N–H and O–H groups in total. The highest BCUT2D eigenvalue weighted by Gasteiger charge is 2.33. The normalized spacial score (nSPS) is 16.6. The number of carbonyl (C=O) groups is 2. The molecule has 184 valence electrons. The lowest BCUT2D eigenvalue weighted by atomic mass is 10.1. The summed E-state index contributed by atoms with van der Waals surface area (Å²) in [6, 6.07) is 21.1. The van der Waals surface area contributed by atoms with Crippen LogP contribution < -0.4 is 19.3 Å². The molecule has 0 bridgehead atoms. The zero-order valence-electron chi connectivity index (χ0n) is 19.9. The maximum absolute atomic E-state index is 14.2. The van der Waals surface area contributed by atoms with Crippen molar-refractivity contribution in [3.63, 3.8) is 0 Å². The summed E-state index contributed by atoms with van der Waals surface area (Å²) in [4.78, 5) is 31.7. The van der Waals surface area contributed by atoms with Gasteiger partial charge < -0.3 is 19.3 Å². The Balaban J connectivity index is 1.32. The van der Waals surface area contributed by atoms with Crippen LogP contribution in [-0.2, 0) is 9.59 Å². The van der Waals surface area contributed by atoms with E-state index >= 15 is 0 Å². The van der Waals surface area contributed by atoms with Gasteiger partial charge in [-0.1, -0.05) is 36.4 Å². The lowest BCUT2D eigenvalue weighted by Crippen LogP contribution is -2.52. The van der Waals surface area contributed by atoms with Crippen molar-refractivity contribution < 1.29 is 23.5 Å². The molecule has 1 fully saturated rings. The van der Waals surface area contributed by atoms with Crippen LogP contribution >= 0.6 is 0 Å². The van der Waals surface area contributed by atoms with Gasteiger partial charge in [-0.3, -0.25) is 14.5 Å². The van der Waals surface area contributed by atoms with Gasteiger partial charge in [-0.05, 0) is 48.0 Å². The van der Waals surface area contributed by atoms with Gasteiger partial charge in [0, 0.05) is 26.2 Å². The maximum Gasteiger partial charge on any atom is 0.294 e. The largest absolute Gasteiger partial charge is 0.497 e. The zero-order chi connectivity index (χ0) is 25.1. The Labute approximate surface area is 208 Å². The van der Waals surface area contributed by atoms with Gasteiger partial charge in [0.1, 0.15) is 18.1 Å². The number of anilines is 2. The predicted molar refractivity (Wildman–Crippen MR) is 136 cm³/mol. The SMILES string of the molecule is COc1ccc(C=C2Oc3ccccc3N(CC(=O)N3CCN(c4ccccc4F)CC3)C2=O)cc1. The summed E-state index contributed by atoms with van der Waals surface area (Å²) in [6.45, 7) is 1.81. The number of hydrogen-bond acceptors (Lipinski definition) is 5. The standard InChI is InChI=1S/C28H26FN3O4/c1-35-21-12-10-20(11-13-21)18-26-28(34)32(24-8-4-5-9-25(24)36-26)19-27(33)31-16-14-30(15-17-31)23-7-3-2-6-22(23)29/h2-13,18H,14-17,19H2,1H3. The van der Waals surface area contributed by atoms with Crippen molar-refractivity contribution in [2.45, 2.75) is 0 Å². The Morgan fingerprint density at radius 1 is 0.944 bits per heavy atom. The van der Waals surface area contributed by atoms with Crippen molar-refractivity contribution in [2.24, 2.45) is 0 Å². The molecule has 1 saturated heterocycles. The third kappa shape index (κ3) is 4.75. The second-order valence-electron chi connectivity index (χ2n) is 8.56. The fraction of sp³-hybridized carbons (Fsp3) is 0.214. The van der Waals surface area contributed by atoms with E-state index in [1.165, 1.54) is 11.0 Å². The number of fused-ring (bicyclic) bond motifs is 1. The monoisotopic (exact) mass is 487 g/mol. The van der Waals surface area contributed by atoms with Crippen LogP contribution in [0.4, 0.5) is 15.8 Å². The van der Waals surface area contributed by atoms with Crippen LogP contribution in [0.1, 0.15) is 5.56 Å². The number of benzene rings is 3. The number of hydrogen-bond donors (Lipinski definition) is 0. The molecule has 0 saturated carbocycles. The number of ether oxygens (including phenoxy) is 2. The van der Waals surface area contributed by atoms with Crippen LogP contribution in [0.3, 0.4) is 0 Å². The van der Waals surface area contributed by atoms with Crippen molar-refractivity contribution >= 4 is 29.3 Å². The zero-order valence-corrected chi connectivity index (χ0v) is 19.9. The molecule has 3 aromatic rings. The van der Waals surface area contributed by atoms with E-state index in [9.17, 15) is 14.0 Å². The topological polar surface area (TPSA) is 62.3 Å². The highest BCUT2D eigenvalue weighted by Crippen LogP contribution is 2.35. The van der Waals surface area contributed by atoms with E-state index in [1.54, 1.807) is 66.6 Å². The van der Waals surface area contributed by atoms with Crippen LogP contribution in [0.15, 0.2) is 78.6 Å². The van der Waals surface area contributed by atoms with Gasteiger partial charge in [0.25, 0.3) is 5.91 Å². The lowest BCUT2D eigenvalue weighted by molar-refractivity contribution is -0.131. The molecule has 36 heavy (non-hydrogen) atoms. The average Bonchev–Trinajstić information content (AvgIpc) is 2.91. The van der Waals surface area contributed by atoms with Gasteiger partial charge in [0.05, 0.1) is 18.5 Å². The van der Waals surface area contributed by atoms with Gasteiger partial charge in [-0.25, -0.2) is 4.39 Å². The highest BCUT2D eigenvalue weighted by atomic mass is 19.1. The summed E-state index contributed by atoms with van der Waals surface area (Å²) in [7, 11) is 1.59. The molecule has 0 aromatic heterocycles. The first-order valence-corrected chi connectivity index (χ1v) is 11.8. The van der Waals surface area contributed by atoms with Crippen LogP contribution in [0.2, 0.25) is 0 Å². The van der Waals surface area contributed by atoms with Crippen LogP contribution in [0.5, 0.6) is 11.5 Å². The van der Waals surface area contributed by atoms with E-state index < -0.39 is 0 Å². The third-order valence-corrected chi connectivity index (χ3v) is 6.36. The Morgan fingerprint density at radius 3 is 2.31 bits per heavy atom. The van der Waals surface area contributed by atoms with E-state index in [0.29, 0.717) is 49.1 Å². The minimum absolute atomic E-state index is 0.112. The minimum atomic E-state index is -0.386. The molecule has 3 aromatic carbocycles. The molecule has 2 heterocycles. The predicted octanol–water partition coefficient (Wildman–Crippen LogP) is 3.95. The van der Waals surface area contributed by atoms with Gasteiger partial charge in [-0.15, -0.1) is 0 Å². The van der Waals surface area contributed by atoms with E-state index in [2.05, 4.69) is 0 Å². The number of piperazine rings is 1. The molecular weight excluding hydrogens is 461 g/mol. The molecule has 0 unspecified atom stereocenters. The molecule has 8 heteroatoms. The number of carbonyl (C=O) groups excluding carboxylic acids is 2. The summed E-state index contributed by atoms with van der Waals surface area (Å²) in [5.41, 5.74) is 1.86. The first kappa shape index (κ1) is 23.4. The molecule has 2 aliphatic heterocycles. The summed E-state index contributed by atoms with van der Waals surface area (Å²) in [5.74, 6) is 0.523. The molecule has 0 radical (unpaired) electrons. The quantitative estimate of drug-likeness (QED) is 0.510. The second-order valence-corrected chi connectivity index (χ2v) is 8.56. The van der Waals surface area contributed by atoms with Crippen LogP contribution in [0, 0.1) is 5.82 Å². The van der Waals surface area contributed by atoms with Crippen LogP contribution in [-0.4, -0.2) is 56.5 Å². The molecule has 0 atom stereocenters. The highest BCUT2D eigenvalue weighted by molar-refractivity contribution is 6.12. The van der Waals surface area contributed by atoms with Crippen molar-refractivity contribution in [1.82, 2.24) is 4.90 Å². The van der Waals surface area contributed by atoms with Crippen molar-refractivity contribution in [3.8, 4) is 11.5 Å². The molecule has 2 aliphatic rings. The lowest BCUT2D eigenvalue weighted by Gasteiger charge is -2.37. The van der Waals surface area contributed by atoms with Crippen LogP contribution in [0.25, 0.3) is 6.08 Å². The van der Waals surface area contributed by atoms with E-state index in [0.717, 1.165) is 5.56 Å². The Kier molecular flexibility index (Phi) is 6.58. The molecule has 2 amide bonds. The number of nitrogens with zero attached hydrogens (tertiary/aromatic N) is 3. The number of amides is 2. The van der Waals surface area contributed by atoms with Gasteiger partial charge in [0.15, 0.2) is 11.5 Å². The first-order chi connectivity index (χ1) is 17.5. The van der Waals surface area contributed by atoms with E-state index in [-0.39, 0.29) is 29.9 Å². The number of rotatable bonds is 5. The van der Waals surface area contributed by atoms with Gasteiger partial charge >= 0.3 is 0 Å². The Morgan fingerprint density at radius 2 is 1.61 bits per heavy atom. The summed E-state index contributed by atoms with van der Waals surface area (Å²) in [6.07, 6.45) is 1.66. The molecule has 7 nitrogen and oxygen atoms in total. The van der Waals surface area contributed by atoms with Gasteiger partial charge in [0.2, 0.25) is 5.91 Å². The van der Waals surface area contributed by atoms with Crippen molar-refractivity contribution in [2.75, 3.05) is 49.6 Å². The molecular formula is C28H26FN3O4. The average molecular weight is 488 g/mol. The van der Waals surface area contributed by atoms with Gasteiger partial charge in [-0.2, -0.15) is 0 Å². The summed E-state index contributed by atoms with van der Waals surface area (Å²) in [5, 5.41) is 0. The molecule has 0 aliphatic carbocycles. The Bertz CT molecular complexity index is 1300. The fourth-order valence-corrected chi connectivity index (χ4v) is 4.41. The van der Waals surface area contributed by atoms with Crippen molar-refractivity contribution in [1.29, 1.82) is 0 Å². The number of methoxy groups -OCH3 is 1. The van der Waals surface area contributed by atoms with E-state index in [1.807, 2.05) is 23.1 Å². The smallest absolute Gasteiger partial charge is 0.294 e. The minimum Gasteiger partial charge on any atom is -0.497 e. The second kappa shape index (κ2) is 10.1. The van der Waals surface area contributed by atoms with Crippen molar-refractivity contribution in [3.05, 3.63) is 89.9 Å². The number of halogens is 1. The maximum atomic E-state index is 14.2. The van der Waals surface area contributed by atoms with E-state index in [4.69, 9.17) is 9.47 Å². The number of para-hydroxylation sites is 3.